The number of nitrogens with zero attached hydrogens (tertiary/aromatic N) is 1. The molecular formula is C50H31NOS. The summed E-state index contributed by atoms with van der Waals surface area (Å²) < 4.78 is 9.66. The van der Waals surface area contributed by atoms with Gasteiger partial charge in [0.2, 0.25) is 0 Å². The van der Waals surface area contributed by atoms with Crippen LogP contribution in [0.15, 0.2) is 192 Å². The second-order valence-electron chi connectivity index (χ2n) is 13.7. The zero-order valence-electron chi connectivity index (χ0n) is 28.7. The average molecular weight is 694 g/mol. The Balaban J connectivity index is 1.15. The molecule has 2 nitrogen and oxygen atoms in total. The van der Waals surface area contributed by atoms with Crippen molar-refractivity contribution in [1.29, 1.82) is 0 Å². The summed E-state index contributed by atoms with van der Waals surface area (Å²) in [6.07, 6.45) is 0. The summed E-state index contributed by atoms with van der Waals surface area (Å²) in [4.78, 5) is 2.36. The Bertz CT molecular complexity index is 3170. The minimum Gasteiger partial charge on any atom is -0.455 e. The molecule has 0 radical (unpaired) electrons. The molecule has 3 heteroatoms. The Morgan fingerprint density at radius 1 is 0.415 bits per heavy atom. The monoisotopic (exact) mass is 693 g/mol. The maximum atomic E-state index is 7.07. The maximum absolute atomic E-state index is 7.07. The first-order valence-electron chi connectivity index (χ1n) is 18.0. The highest BCUT2D eigenvalue weighted by Crippen LogP contribution is 2.48. The molecule has 11 aromatic rings. The molecule has 0 N–H and O–H groups in total. The summed E-state index contributed by atoms with van der Waals surface area (Å²) in [6, 6.07) is 67.7. The molecule has 53 heavy (non-hydrogen) atoms. The predicted molar refractivity (Wildman–Crippen MR) is 227 cm³/mol. The number of hydrogen-bond donors (Lipinski definition) is 0. The highest BCUT2D eigenvalue weighted by Gasteiger charge is 2.22. The van der Waals surface area contributed by atoms with Gasteiger partial charge in [-0.3, -0.25) is 0 Å². The Labute approximate surface area is 310 Å². The van der Waals surface area contributed by atoms with E-state index >= 15 is 0 Å². The first-order chi connectivity index (χ1) is 26.3. The van der Waals surface area contributed by atoms with Crippen molar-refractivity contribution < 1.29 is 4.42 Å². The Morgan fingerprint density at radius 2 is 1.08 bits per heavy atom. The zero-order valence-corrected chi connectivity index (χ0v) is 29.5. The first-order valence-corrected chi connectivity index (χ1v) is 18.8. The van der Waals surface area contributed by atoms with E-state index in [9.17, 15) is 0 Å². The Hall–Kier alpha value is -6.68. The van der Waals surface area contributed by atoms with E-state index in [1.54, 1.807) is 0 Å². The fraction of sp³-hybridized carbons (Fsp3) is 0. The molecule has 0 unspecified atom stereocenters. The van der Waals surface area contributed by atoms with Gasteiger partial charge in [0.25, 0.3) is 0 Å². The van der Waals surface area contributed by atoms with E-state index in [4.69, 9.17) is 4.42 Å². The SMILES string of the molecule is c1ccc(-c2ccc(N(c3ccc4c(c3)oc3c(-c5cccc6c5sc5ccccc56)c5ccccc5cc34)c3cccc4ccccc34)cc2)cc1. The summed E-state index contributed by atoms with van der Waals surface area (Å²) in [5, 5.41) is 9.61. The van der Waals surface area contributed by atoms with Crippen molar-refractivity contribution in [2.45, 2.75) is 0 Å². The normalized spacial score (nSPS) is 11.8. The molecule has 248 valence electrons. The van der Waals surface area contributed by atoms with Crippen molar-refractivity contribution in [3.05, 3.63) is 188 Å². The van der Waals surface area contributed by atoms with Gasteiger partial charge in [0.15, 0.2) is 0 Å². The fourth-order valence-corrected chi connectivity index (χ4v) is 9.40. The number of fused-ring (bicyclic) bond motifs is 8. The maximum Gasteiger partial charge on any atom is 0.143 e. The lowest BCUT2D eigenvalue weighted by Gasteiger charge is -2.27. The third kappa shape index (κ3) is 4.78. The van der Waals surface area contributed by atoms with Crippen LogP contribution in [0.3, 0.4) is 0 Å². The highest BCUT2D eigenvalue weighted by molar-refractivity contribution is 7.26. The van der Waals surface area contributed by atoms with Crippen LogP contribution in [0.25, 0.3) is 85.9 Å². The average Bonchev–Trinajstić information content (AvgIpc) is 3.79. The molecule has 0 amide bonds. The lowest BCUT2D eigenvalue weighted by molar-refractivity contribution is 0.670. The summed E-state index contributed by atoms with van der Waals surface area (Å²) in [6.45, 7) is 0. The lowest BCUT2D eigenvalue weighted by atomic mass is 9.94. The Kier molecular flexibility index (Phi) is 6.76. The van der Waals surface area contributed by atoms with E-state index in [0.29, 0.717) is 0 Å². The third-order valence-electron chi connectivity index (χ3n) is 10.6. The van der Waals surface area contributed by atoms with Crippen molar-refractivity contribution in [2.75, 3.05) is 4.90 Å². The molecule has 2 heterocycles. The van der Waals surface area contributed by atoms with E-state index in [-0.39, 0.29) is 0 Å². The smallest absolute Gasteiger partial charge is 0.143 e. The van der Waals surface area contributed by atoms with Gasteiger partial charge >= 0.3 is 0 Å². The summed E-state index contributed by atoms with van der Waals surface area (Å²) in [5.41, 5.74) is 9.78. The van der Waals surface area contributed by atoms with Gasteiger partial charge in [0, 0.05) is 64.9 Å². The van der Waals surface area contributed by atoms with Gasteiger partial charge in [-0.25, -0.2) is 0 Å². The number of benzene rings is 9. The molecule has 0 saturated heterocycles. The van der Waals surface area contributed by atoms with Crippen molar-refractivity contribution in [1.82, 2.24) is 0 Å². The van der Waals surface area contributed by atoms with Gasteiger partial charge in [0.1, 0.15) is 11.2 Å². The van der Waals surface area contributed by atoms with Gasteiger partial charge in [0.05, 0.1) is 5.69 Å². The van der Waals surface area contributed by atoms with E-state index in [0.717, 1.165) is 44.6 Å². The van der Waals surface area contributed by atoms with Crippen LogP contribution in [0.4, 0.5) is 17.1 Å². The summed E-state index contributed by atoms with van der Waals surface area (Å²) in [7, 11) is 0. The van der Waals surface area contributed by atoms with Crippen molar-refractivity contribution >= 4 is 92.1 Å². The van der Waals surface area contributed by atoms with E-state index in [1.807, 2.05) is 11.3 Å². The number of thiophene rings is 1. The number of furan rings is 1. The molecular weight excluding hydrogens is 663 g/mol. The molecule has 0 aliphatic carbocycles. The van der Waals surface area contributed by atoms with Crippen LogP contribution >= 0.6 is 11.3 Å². The van der Waals surface area contributed by atoms with Crippen LogP contribution in [0.1, 0.15) is 0 Å². The van der Waals surface area contributed by atoms with E-state index < -0.39 is 0 Å². The molecule has 0 spiro atoms. The van der Waals surface area contributed by atoms with Crippen molar-refractivity contribution in [3.63, 3.8) is 0 Å². The molecule has 9 aromatic carbocycles. The molecule has 0 atom stereocenters. The molecule has 0 aliphatic rings. The molecule has 11 rings (SSSR count). The fourth-order valence-electron chi connectivity index (χ4n) is 8.18. The largest absolute Gasteiger partial charge is 0.455 e. The van der Waals surface area contributed by atoms with Crippen LogP contribution in [-0.2, 0) is 0 Å². The first kappa shape index (κ1) is 30.0. The molecule has 0 aliphatic heterocycles. The van der Waals surface area contributed by atoms with Gasteiger partial charge in [-0.15, -0.1) is 11.3 Å². The van der Waals surface area contributed by atoms with E-state index in [1.165, 1.54) is 58.4 Å². The quantitative estimate of drug-likeness (QED) is 0.178. The molecule has 0 bridgehead atoms. The highest BCUT2D eigenvalue weighted by atomic mass is 32.1. The third-order valence-corrected chi connectivity index (χ3v) is 11.9. The zero-order chi connectivity index (χ0) is 34.9. The molecule has 2 aromatic heterocycles. The minimum atomic E-state index is 0.865. The van der Waals surface area contributed by atoms with Crippen LogP contribution in [0, 0.1) is 0 Å². The summed E-state index contributed by atoms with van der Waals surface area (Å²) in [5.74, 6) is 0. The standard InChI is InChI=1S/C50H31NOS/c1-2-12-32(13-3-1)33-24-26-36(27-25-33)51(45-22-10-16-34-14-4-6-17-38(34)45)37-28-29-40-44-30-35-15-5-7-18-39(35)48(49(44)52-46(40)31-37)43-21-11-20-42-41-19-8-9-23-47(41)53-50(42)43/h1-31H. The van der Waals surface area contributed by atoms with Crippen LogP contribution < -0.4 is 4.90 Å². The van der Waals surface area contributed by atoms with E-state index in [2.05, 4.69) is 193 Å². The van der Waals surface area contributed by atoms with Crippen LogP contribution in [-0.4, -0.2) is 0 Å². The van der Waals surface area contributed by atoms with Gasteiger partial charge in [-0.05, 0) is 69.8 Å². The number of rotatable bonds is 5. The predicted octanol–water partition coefficient (Wildman–Crippen LogP) is 15.1. The molecule has 0 saturated carbocycles. The Morgan fingerprint density at radius 3 is 1.94 bits per heavy atom. The van der Waals surface area contributed by atoms with Gasteiger partial charge in [-0.2, -0.15) is 0 Å². The van der Waals surface area contributed by atoms with Gasteiger partial charge < -0.3 is 9.32 Å². The van der Waals surface area contributed by atoms with Crippen molar-refractivity contribution in [3.8, 4) is 22.3 Å². The van der Waals surface area contributed by atoms with Crippen LogP contribution in [0.2, 0.25) is 0 Å². The van der Waals surface area contributed by atoms with Crippen molar-refractivity contribution in [2.24, 2.45) is 0 Å². The number of hydrogen-bond acceptors (Lipinski definition) is 3. The molecule has 0 fully saturated rings. The number of anilines is 3. The minimum absolute atomic E-state index is 0.865. The second kappa shape index (κ2) is 11.9. The second-order valence-corrected chi connectivity index (χ2v) is 14.7. The summed E-state index contributed by atoms with van der Waals surface area (Å²) >= 11 is 1.86. The topological polar surface area (TPSA) is 16.4 Å². The lowest BCUT2D eigenvalue weighted by Crippen LogP contribution is -2.10. The van der Waals surface area contributed by atoms with Crippen LogP contribution in [0.5, 0.6) is 0 Å². The van der Waals surface area contributed by atoms with Gasteiger partial charge in [-0.1, -0.05) is 140 Å².